The van der Waals surface area contributed by atoms with E-state index in [1.807, 2.05) is 41.1 Å². The Hall–Kier alpha value is -2.96. The summed E-state index contributed by atoms with van der Waals surface area (Å²) in [6, 6.07) is 12.1. The van der Waals surface area contributed by atoms with Gasteiger partial charge in [-0.15, -0.1) is 0 Å². The Labute approximate surface area is 170 Å². The number of benzene rings is 1. The number of nitrogens with one attached hydrogen (secondary N) is 1. The van der Waals surface area contributed by atoms with E-state index in [1.54, 1.807) is 6.20 Å². The normalized spacial score (nSPS) is 17.2. The fourth-order valence-electron chi connectivity index (χ4n) is 4.06. The van der Waals surface area contributed by atoms with Gasteiger partial charge in [-0.1, -0.05) is 49.6 Å². The first-order valence-electron chi connectivity index (χ1n) is 10.5. The first-order chi connectivity index (χ1) is 14.2. The number of anilines is 1. The predicted octanol–water partition coefficient (Wildman–Crippen LogP) is 3.74. The van der Waals surface area contributed by atoms with E-state index < -0.39 is 0 Å². The van der Waals surface area contributed by atoms with Gasteiger partial charge in [-0.2, -0.15) is 10.2 Å². The second kappa shape index (κ2) is 9.03. The molecule has 1 aliphatic carbocycles. The van der Waals surface area contributed by atoms with Gasteiger partial charge >= 0.3 is 0 Å². The molecule has 2 amide bonds. The number of hydrazone groups is 1. The molecule has 29 heavy (non-hydrogen) atoms. The van der Waals surface area contributed by atoms with Crippen molar-refractivity contribution in [1.82, 2.24) is 14.8 Å². The van der Waals surface area contributed by atoms with E-state index >= 15 is 0 Å². The number of carbonyl (C=O) groups is 2. The molecule has 1 aromatic heterocycles. The zero-order valence-corrected chi connectivity index (χ0v) is 16.6. The molecule has 152 valence electrons. The first-order valence-corrected chi connectivity index (χ1v) is 10.5. The van der Waals surface area contributed by atoms with Gasteiger partial charge in [0, 0.05) is 25.3 Å². The summed E-state index contributed by atoms with van der Waals surface area (Å²) in [4.78, 5) is 24.9. The molecule has 1 N–H and O–H groups in total. The topological polar surface area (TPSA) is 79.6 Å². The summed E-state index contributed by atoms with van der Waals surface area (Å²) in [7, 11) is 0. The summed E-state index contributed by atoms with van der Waals surface area (Å²) in [5.74, 6) is 0.439. The number of aromatic nitrogens is 2. The molecule has 0 atom stereocenters. The van der Waals surface area contributed by atoms with Crippen LogP contribution in [-0.4, -0.2) is 38.9 Å². The summed E-state index contributed by atoms with van der Waals surface area (Å²) in [5, 5.41) is 13.3. The smallest absolute Gasteiger partial charge is 0.243 e. The quantitative estimate of drug-likeness (QED) is 0.812. The zero-order chi connectivity index (χ0) is 20.1. The maximum absolute atomic E-state index is 12.5. The van der Waals surface area contributed by atoms with Crippen molar-refractivity contribution in [2.45, 2.75) is 57.4 Å². The highest BCUT2D eigenvalue weighted by Crippen LogP contribution is 2.30. The van der Waals surface area contributed by atoms with E-state index in [-0.39, 0.29) is 24.7 Å². The highest BCUT2D eigenvalue weighted by molar-refractivity contribution is 6.02. The van der Waals surface area contributed by atoms with Crippen LogP contribution in [-0.2, 0) is 9.59 Å². The van der Waals surface area contributed by atoms with Gasteiger partial charge in [0.25, 0.3) is 0 Å². The fourth-order valence-corrected chi connectivity index (χ4v) is 4.06. The molecular formula is C22H27N5O2. The van der Waals surface area contributed by atoms with Crippen molar-refractivity contribution < 1.29 is 9.59 Å². The Morgan fingerprint density at radius 3 is 2.62 bits per heavy atom. The highest BCUT2D eigenvalue weighted by Gasteiger charge is 2.23. The summed E-state index contributed by atoms with van der Waals surface area (Å²) >= 11 is 0. The average molecular weight is 393 g/mol. The summed E-state index contributed by atoms with van der Waals surface area (Å²) in [6.07, 6.45) is 8.62. The molecule has 0 saturated heterocycles. The maximum Gasteiger partial charge on any atom is 0.243 e. The van der Waals surface area contributed by atoms with Crippen LogP contribution in [0, 0.1) is 0 Å². The van der Waals surface area contributed by atoms with Gasteiger partial charge in [-0.25, -0.2) is 9.69 Å². The molecule has 7 nitrogen and oxygen atoms in total. The van der Waals surface area contributed by atoms with Crippen molar-refractivity contribution in [2.75, 3.05) is 11.9 Å². The van der Waals surface area contributed by atoms with Crippen molar-refractivity contribution in [3.05, 3.63) is 48.2 Å². The second-order valence-electron chi connectivity index (χ2n) is 7.68. The van der Waals surface area contributed by atoms with Gasteiger partial charge in [-0.05, 0) is 18.4 Å². The molecule has 2 aromatic rings. The molecule has 1 aromatic carbocycles. The Balaban J connectivity index is 1.29. The Morgan fingerprint density at radius 2 is 1.83 bits per heavy atom. The van der Waals surface area contributed by atoms with Crippen LogP contribution >= 0.6 is 0 Å². The molecule has 0 radical (unpaired) electrons. The van der Waals surface area contributed by atoms with Crippen LogP contribution < -0.4 is 5.32 Å². The molecule has 4 rings (SSSR count). The largest absolute Gasteiger partial charge is 0.311 e. The molecule has 2 heterocycles. The number of carbonyl (C=O) groups excluding carboxylic acids is 2. The molecule has 0 spiro atoms. The molecule has 0 unspecified atom stereocenters. The third kappa shape index (κ3) is 4.72. The maximum atomic E-state index is 12.5. The van der Waals surface area contributed by atoms with E-state index in [1.165, 1.54) is 24.3 Å². The Kier molecular flexibility index (Phi) is 6.03. The van der Waals surface area contributed by atoms with E-state index in [4.69, 9.17) is 0 Å². The summed E-state index contributed by atoms with van der Waals surface area (Å²) < 4.78 is 1.93. The van der Waals surface area contributed by atoms with Crippen molar-refractivity contribution in [3.63, 3.8) is 0 Å². The predicted molar refractivity (Wildman–Crippen MR) is 112 cm³/mol. The molecule has 1 saturated carbocycles. The van der Waals surface area contributed by atoms with Crippen molar-refractivity contribution in [2.24, 2.45) is 5.10 Å². The number of hydrogen-bond donors (Lipinski definition) is 1. The molecule has 0 bridgehead atoms. The van der Waals surface area contributed by atoms with Gasteiger partial charge in [0.1, 0.15) is 5.82 Å². The number of nitrogens with zero attached hydrogens (tertiary/aromatic N) is 4. The standard InChI is InChI=1S/C22H27N5O2/c28-21(24-20-13-15-23-27(20)18-9-5-2-6-10-18)11-12-22(29)26-16-14-19(25-26)17-7-3-1-4-8-17/h1,3-4,7-8,13,15,18H,2,5-6,9-12,14,16H2,(H,24,28). The van der Waals surface area contributed by atoms with Crippen molar-refractivity contribution in [3.8, 4) is 0 Å². The Bertz CT molecular complexity index is 884. The Morgan fingerprint density at radius 1 is 1.03 bits per heavy atom. The SMILES string of the molecule is O=C(CCC(=O)N1CCC(c2ccccc2)=N1)Nc1ccnn1C1CCCCC1. The minimum atomic E-state index is -0.164. The zero-order valence-electron chi connectivity index (χ0n) is 16.6. The van der Waals surface area contributed by atoms with Crippen molar-refractivity contribution >= 4 is 23.3 Å². The van der Waals surface area contributed by atoms with Crippen LogP contribution in [0.2, 0.25) is 0 Å². The fraction of sp³-hybridized carbons (Fsp3) is 0.455. The lowest BCUT2D eigenvalue weighted by molar-refractivity contribution is -0.132. The summed E-state index contributed by atoms with van der Waals surface area (Å²) in [6.45, 7) is 0.569. The lowest BCUT2D eigenvalue weighted by Gasteiger charge is -2.23. The lowest BCUT2D eigenvalue weighted by Crippen LogP contribution is -2.25. The minimum absolute atomic E-state index is 0.119. The van der Waals surface area contributed by atoms with Gasteiger partial charge in [0.05, 0.1) is 24.5 Å². The average Bonchev–Trinajstić information content (AvgIpc) is 3.43. The highest BCUT2D eigenvalue weighted by atomic mass is 16.2. The molecule has 1 fully saturated rings. The lowest BCUT2D eigenvalue weighted by atomic mass is 9.96. The molecule has 1 aliphatic heterocycles. The van der Waals surface area contributed by atoms with Gasteiger partial charge < -0.3 is 5.32 Å². The van der Waals surface area contributed by atoms with Crippen LogP contribution in [0.3, 0.4) is 0 Å². The van der Waals surface area contributed by atoms with Gasteiger partial charge in [-0.3, -0.25) is 9.59 Å². The monoisotopic (exact) mass is 393 g/mol. The summed E-state index contributed by atoms with van der Waals surface area (Å²) in [5.41, 5.74) is 1.95. The number of hydrogen-bond acceptors (Lipinski definition) is 4. The van der Waals surface area contributed by atoms with E-state index in [0.717, 1.165) is 36.4 Å². The van der Waals surface area contributed by atoms with E-state index in [2.05, 4.69) is 15.5 Å². The second-order valence-corrected chi connectivity index (χ2v) is 7.68. The van der Waals surface area contributed by atoms with Gasteiger partial charge in [0.2, 0.25) is 11.8 Å². The van der Waals surface area contributed by atoms with Crippen LogP contribution in [0.5, 0.6) is 0 Å². The van der Waals surface area contributed by atoms with E-state index in [9.17, 15) is 9.59 Å². The first kappa shape index (κ1) is 19.4. The third-order valence-electron chi connectivity index (χ3n) is 5.62. The number of rotatable bonds is 6. The van der Waals surface area contributed by atoms with Crippen LogP contribution in [0.25, 0.3) is 0 Å². The van der Waals surface area contributed by atoms with Crippen LogP contribution in [0.15, 0.2) is 47.7 Å². The van der Waals surface area contributed by atoms with E-state index in [0.29, 0.717) is 12.6 Å². The molecular weight excluding hydrogens is 366 g/mol. The van der Waals surface area contributed by atoms with Crippen molar-refractivity contribution in [1.29, 1.82) is 0 Å². The van der Waals surface area contributed by atoms with Crippen LogP contribution in [0.4, 0.5) is 5.82 Å². The third-order valence-corrected chi connectivity index (χ3v) is 5.62. The number of amides is 2. The molecule has 2 aliphatic rings. The van der Waals surface area contributed by atoms with Crippen LogP contribution in [0.1, 0.15) is 63.0 Å². The molecule has 7 heteroatoms. The van der Waals surface area contributed by atoms with Gasteiger partial charge in [0.15, 0.2) is 0 Å². The minimum Gasteiger partial charge on any atom is -0.311 e.